The van der Waals surface area contributed by atoms with Gasteiger partial charge in [0, 0.05) is 31.7 Å². The molecule has 7 nitrogen and oxygen atoms in total. The number of rotatable bonds is 5. The zero-order valence-electron chi connectivity index (χ0n) is 18.1. The van der Waals surface area contributed by atoms with Gasteiger partial charge in [-0.25, -0.2) is 0 Å². The Morgan fingerprint density at radius 3 is 2.67 bits per heavy atom. The quantitative estimate of drug-likeness (QED) is 0.723. The second-order valence-corrected chi connectivity index (χ2v) is 9.22. The highest BCUT2D eigenvalue weighted by Crippen LogP contribution is 2.35. The average molecular weight is 416 g/mol. The van der Waals surface area contributed by atoms with Gasteiger partial charge < -0.3 is 25.0 Å². The molecule has 0 spiro atoms. The lowest BCUT2D eigenvalue weighted by Crippen LogP contribution is -2.60. The highest BCUT2D eigenvalue weighted by molar-refractivity contribution is 6.15. The SMILES string of the molecule is Cc1ccc2c(c1)NC(=O)C(C)(C(=O)NCC1(CN3CCCCC3)CCOCC1)O2. The normalized spacial score (nSPS) is 26.3. The lowest BCUT2D eigenvalue weighted by Gasteiger charge is -2.43. The number of likely N-dealkylation sites (tertiary alicyclic amines) is 1. The first-order valence-electron chi connectivity index (χ1n) is 11.1. The molecule has 30 heavy (non-hydrogen) atoms. The van der Waals surface area contributed by atoms with E-state index in [0.29, 0.717) is 31.2 Å². The Balaban J connectivity index is 1.44. The summed E-state index contributed by atoms with van der Waals surface area (Å²) in [7, 11) is 0. The highest BCUT2D eigenvalue weighted by atomic mass is 16.5. The van der Waals surface area contributed by atoms with Gasteiger partial charge in [-0.3, -0.25) is 9.59 Å². The van der Waals surface area contributed by atoms with Gasteiger partial charge in [0.15, 0.2) is 0 Å². The average Bonchev–Trinajstić information content (AvgIpc) is 2.74. The molecule has 0 bridgehead atoms. The molecule has 1 aromatic rings. The molecule has 3 aliphatic heterocycles. The van der Waals surface area contributed by atoms with E-state index in [1.54, 1.807) is 13.0 Å². The van der Waals surface area contributed by atoms with Crippen LogP contribution < -0.4 is 15.4 Å². The maximum atomic E-state index is 13.1. The molecule has 2 N–H and O–H groups in total. The van der Waals surface area contributed by atoms with Gasteiger partial charge in [0.05, 0.1) is 5.69 Å². The van der Waals surface area contributed by atoms with Crippen molar-refractivity contribution in [2.24, 2.45) is 5.41 Å². The molecule has 0 aromatic heterocycles. The number of amides is 2. The summed E-state index contributed by atoms with van der Waals surface area (Å²) in [4.78, 5) is 28.4. The van der Waals surface area contributed by atoms with Crippen molar-refractivity contribution < 1.29 is 19.1 Å². The summed E-state index contributed by atoms with van der Waals surface area (Å²) < 4.78 is 11.5. The van der Waals surface area contributed by atoms with Crippen LogP contribution in [0.15, 0.2) is 18.2 Å². The Labute approximate surface area is 178 Å². The van der Waals surface area contributed by atoms with Crippen molar-refractivity contribution in [1.82, 2.24) is 10.2 Å². The van der Waals surface area contributed by atoms with Crippen molar-refractivity contribution in [3.8, 4) is 5.75 Å². The van der Waals surface area contributed by atoms with E-state index >= 15 is 0 Å². The molecule has 4 rings (SSSR count). The molecule has 1 atom stereocenters. The van der Waals surface area contributed by atoms with Crippen LogP contribution in [0.3, 0.4) is 0 Å². The fourth-order valence-electron chi connectivity index (χ4n) is 4.71. The van der Waals surface area contributed by atoms with Crippen molar-refractivity contribution >= 4 is 17.5 Å². The molecule has 7 heteroatoms. The highest BCUT2D eigenvalue weighted by Gasteiger charge is 2.48. The van der Waals surface area contributed by atoms with Crippen LogP contribution in [0.4, 0.5) is 5.69 Å². The molecular weight excluding hydrogens is 382 g/mol. The zero-order chi connectivity index (χ0) is 21.2. The molecule has 0 saturated carbocycles. The topological polar surface area (TPSA) is 79.9 Å². The lowest BCUT2D eigenvalue weighted by molar-refractivity contribution is -0.147. The molecule has 164 valence electrons. The van der Waals surface area contributed by atoms with Crippen molar-refractivity contribution in [3.05, 3.63) is 23.8 Å². The van der Waals surface area contributed by atoms with Gasteiger partial charge in [0.2, 0.25) is 0 Å². The largest absolute Gasteiger partial charge is 0.466 e. The van der Waals surface area contributed by atoms with Crippen molar-refractivity contribution in [1.29, 1.82) is 0 Å². The van der Waals surface area contributed by atoms with Crippen LogP contribution in [0.2, 0.25) is 0 Å². The number of benzene rings is 1. The first kappa shape index (κ1) is 21.1. The minimum Gasteiger partial charge on any atom is -0.466 e. The number of piperidine rings is 1. The molecule has 0 radical (unpaired) electrons. The van der Waals surface area contributed by atoms with Crippen molar-refractivity contribution in [2.45, 2.75) is 51.6 Å². The fourth-order valence-corrected chi connectivity index (χ4v) is 4.71. The number of hydrogen-bond donors (Lipinski definition) is 2. The van der Waals surface area contributed by atoms with E-state index in [4.69, 9.17) is 9.47 Å². The number of carbonyl (C=O) groups is 2. The number of fused-ring (bicyclic) bond motifs is 1. The van der Waals surface area contributed by atoms with Crippen molar-refractivity contribution in [2.75, 3.05) is 44.7 Å². The second kappa shape index (κ2) is 8.55. The van der Waals surface area contributed by atoms with Crippen LogP contribution in [0.25, 0.3) is 0 Å². The predicted octanol–water partition coefficient (Wildman–Crippen LogP) is 2.48. The van der Waals surface area contributed by atoms with E-state index in [1.807, 2.05) is 19.1 Å². The van der Waals surface area contributed by atoms with Gasteiger partial charge in [-0.15, -0.1) is 0 Å². The van der Waals surface area contributed by atoms with Gasteiger partial charge in [-0.05, 0) is 70.3 Å². The molecular formula is C23H33N3O4. The monoisotopic (exact) mass is 415 g/mol. The van der Waals surface area contributed by atoms with Crippen LogP contribution in [0.1, 0.15) is 44.6 Å². The van der Waals surface area contributed by atoms with E-state index in [0.717, 1.165) is 38.0 Å². The number of ether oxygens (including phenoxy) is 2. The van der Waals surface area contributed by atoms with E-state index in [-0.39, 0.29) is 5.41 Å². The first-order valence-corrected chi connectivity index (χ1v) is 11.1. The van der Waals surface area contributed by atoms with Crippen LogP contribution in [-0.4, -0.2) is 61.7 Å². The van der Waals surface area contributed by atoms with E-state index in [9.17, 15) is 9.59 Å². The number of anilines is 1. The van der Waals surface area contributed by atoms with Gasteiger partial charge in [0.1, 0.15) is 5.75 Å². The van der Waals surface area contributed by atoms with Gasteiger partial charge >= 0.3 is 0 Å². The Hall–Kier alpha value is -2.12. The third kappa shape index (κ3) is 4.32. The minimum atomic E-state index is -1.58. The zero-order valence-corrected chi connectivity index (χ0v) is 18.1. The molecule has 1 aromatic carbocycles. The molecule has 1 unspecified atom stereocenters. The summed E-state index contributed by atoms with van der Waals surface area (Å²) >= 11 is 0. The summed E-state index contributed by atoms with van der Waals surface area (Å²) in [5, 5.41) is 5.89. The third-order valence-electron chi connectivity index (χ3n) is 6.75. The Kier molecular flexibility index (Phi) is 6.02. The van der Waals surface area contributed by atoms with Crippen LogP contribution >= 0.6 is 0 Å². The molecule has 2 amide bonds. The number of carbonyl (C=O) groups excluding carboxylic acids is 2. The molecule has 3 heterocycles. The second-order valence-electron chi connectivity index (χ2n) is 9.22. The Morgan fingerprint density at radius 1 is 1.20 bits per heavy atom. The fraction of sp³-hybridized carbons (Fsp3) is 0.652. The molecule has 3 aliphatic rings. The number of hydrogen-bond acceptors (Lipinski definition) is 5. The smallest absolute Gasteiger partial charge is 0.278 e. The van der Waals surface area contributed by atoms with E-state index < -0.39 is 17.4 Å². The Morgan fingerprint density at radius 2 is 1.93 bits per heavy atom. The molecule has 0 aliphatic carbocycles. The predicted molar refractivity (Wildman–Crippen MR) is 115 cm³/mol. The minimum absolute atomic E-state index is 0.0260. The summed E-state index contributed by atoms with van der Waals surface area (Å²) in [6.45, 7) is 8.65. The lowest BCUT2D eigenvalue weighted by atomic mass is 9.79. The molecule has 2 saturated heterocycles. The van der Waals surface area contributed by atoms with Crippen LogP contribution in [0, 0.1) is 12.3 Å². The maximum absolute atomic E-state index is 13.1. The van der Waals surface area contributed by atoms with Crippen molar-refractivity contribution in [3.63, 3.8) is 0 Å². The van der Waals surface area contributed by atoms with Crippen LogP contribution in [-0.2, 0) is 14.3 Å². The van der Waals surface area contributed by atoms with E-state index in [1.165, 1.54) is 19.3 Å². The van der Waals surface area contributed by atoms with E-state index in [2.05, 4.69) is 15.5 Å². The number of nitrogens with zero attached hydrogens (tertiary/aromatic N) is 1. The number of aryl methyl sites for hydroxylation is 1. The summed E-state index contributed by atoms with van der Waals surface area (Å²) in [5.41, 5.74) is 0.0165. The molecule has 2 fully saturated rings. The summed E-state index contributed by atoms with van der Waals surface area (Å²) in [5.74, 6) is -0.308. The van der Waals surface area contributed by atoms with Gasteiger partial charge in [0.25, 0.3) is 17.4 Å². The Bertz CT molecular complexity index is 800. The summed E-state index contributed by atoms with van der Waals surface area (Å²) in [6, 6.07) is 5.55. The standard InChI is InChI=1S/C23H33N3O4/c1-17-6-7-19-18(14-17)25-21(28)22(2,30-19)20(27)24-15-23(8-12-29-13-9-23)16-26-10-4-3-5-11-26/h6-7,14H,3-5,8-13,15-16H2,1-2H3,(H,24,27)(H,25,28). The number of nitrogens with one attached hydrogen (secondary N) is 2. The van der Waals surface area contributed by atoms with Gasteiger partial charge in [-0.2, -0.15) is 0 Å². The van der Waals surface area contributed by atoms with Gasteiger partial charge in [-0.1, -0.05) is 12.5 Å². The first-order chi connectivity index (χ1) is 14.4. The third-order valence-corrected chi connectivity index (χ3v) is 6.75. The summed E-state index contributed by atoms with van der Waals surface area (Å²) in [6.07, 6.45) is 5.61. The van der Waals surface area contributed by atoms with Crippen LogP contribution in [0.5, 0.6) is 5.75 Å². The maximum Gasteiger partial charge on any atom is 0.278 e.